The summed E-state index contributed by atoms with van der Waals surface area (Å²) < 4.78 is 0. The highest BCUT2D eigenvalue weighted by Crippen LogP contribution is 2.25. The zero-order valence-electron chi connectivity index (χ0n) is 14.1. The Labute approximate surface area is 147 Å². The molecule has 0 aliphatic heterocycles. The Morgan fingerprint density at radius 1 is 1.40 bits per heavy atom. The summed E-state index contributed by atoms with van der Waals surface area (Å²) in [5.74, 6) is -0.0266. The summed E-state index contributed by atoms with van der Waals surface area (Å²) >= 11 is 1.45. The molecule has 0 radical (unpaired) electrons. The summed E-state index contributed by atoms with van der Waals surface area (Å²) in [5, 5.41) is 4.65. The van der Waals surface area contributed by atoms with E-state index in [1.54, 1.807) is 25.4 Å². The summed E-state index contributed by atoms with van der Waals surface area (Å²) in [4.78, 5) is 37.1. The third-order valence-corrected chi connectivity index (χ3v) is 4.94. The molecule has 0 fully saturated rings. The van der Waals surface area contributed by atoms with E-state index in [1.165, 1.54) is 11.3 Å². The maximum Gasteiger partial charge on any atom is 0.259 e. The van der Waals surface area contributed by atoms with Crippen LogP contribution in [0.15, 0.2) is 34.4 Å². The number of aromatic amines is 1. The van der Waals surface area contributed by atoms with Gasteiger partial charge in [-0.1, -0.05) is 6.07 Å². The van der Waals surface area contributed by atoms with Crippen molar-refractivity contribution in [3.8, 4) is 0 Å². The number of fused-ring (bicyclic) bond motifs is 1. The van der Waals surface area contributed by atoms with E-state index in [4.69, 9.17) is 0 Å². The average Bonchev–Trinajstić information content (AvgIpc) is 2.88. The summed E-state index contributed by atoms with van der Waals surface area (Å²) in [6.07, 6.45) is 3.28. The molecule has 0 saturated heterocycles. The molecular formula is C17H17N5O2S. The lowest BCUT2D eigenvalue weighted by Crippen LogP contribution is -2.24. The van der Waals surface area contributed by atoms with Gasteiger partial charge in [0.1, 0.15) is 10.7 Å². The molecule has 0 bridgehead atoms. The molecule has 128 valence electrons. The Kier molecular flexibility index (Phi) is 4.71. The van der Waals surface area contributed by atoms with E-state index in [1.807, 2.05) is 19.9 Å². The zero-order valence-corrected chi connectivity index (χ0v) is 14.9. The molecule has 0 aromatic carbocycles. The van der Waals surface area contributed by atoms with Gasteiger partial charge >= 0.3 is 0 Å². The first-order chi connectivity index (χ1) is 12.0. The fourth-order valence-electron chi connectivity index (χ4n) is 2.36. The van der Waals surface area contributed by atoms with Crippen LogP contribution in [0.1, 0.15) is 28.8 Å². The Balaban J connectivity index is 1.75. The largest absolute Gasteiger partial charge is 0.309 e. The SMILES string of the molecule is C/C(=N\NC(=O)Cc1nc2sc(C)c(C)c2c(=O)[nH]1)c1cccnc1. The van der Waals surface area contributed by atoms with E-state index in [-0.39, 0.29) is 17.9 Å². The lowest BCUT2D eigenvalue weighted by atomic mass is 10.2. The molecule has 0 saturated carbocycles. The van der Waals surface area contributed by atoms with Gasteiger partial charge in [0.15, 0.2) is 0 Å². The van der Waals surface area contributed by atoms with E-state index in [9.17, 15) is 9.59 Å². The Morgan fingerprint density at radius 3 is 2.92 bits per heavy atom. The number of aryl methyl sites for hydroxylation is 2. The van der Waals surface area contributed by atoms with Crippen LogP contribution in [0.25, 0.3) is 10.2 Å². The summed E-state index contributed by atoms with van der Waals surface area (Å²) in [6.45, 7) is 5.62. The standard InChI is InChI=1S/C17H17N5O2S/c1-9-11(3)25-17-15(9)16(24)19-13(20-17)7-14(23)22-21-10(2)12-5-4-6-18-8-12/h4-6,8H,7H2,1-3H3,(H,22,23)(H,19,20,24)/b21-10+. The number of carbonyl (C=O) groups excluding carboxylic acids is 1. The van der Waals surface area contributed by atoms with E-state index >= 15 is 0 Å². The van der Waals surface area contributed by atoms with Gasteiger partial charge in [0.2, 0.25) is 5.91 Å². The molecule has 3 rings (SSSR count). The van der Waals surface area contributed by atoms with Crippen molar-refractivity contribution in [2.45, 2.75) is 27.2 Å². The van der Waals surface area contributed by atoms with Crippen LogP contribution in [0.3, 0.4) is 0 Å². The van der Waals surface area contributed by atoms with E-state index in [0.717, 1.165) is 16.0 Å². The van der Waals surface area contributed by atoms with Crippen LogP contribution < -0.4 is 11.0 Å². The summed E-state index contributed by atoms with van der Waals surface area (Å²) in [7, 11) is 0. The number of hydrogen-bond acceptors (Lipinski definition) is 6. The van der Waals surface area contributed by atoms with Gasteiger partial charge in [-0.3, -0.25) is 14.6 Å². The fourth-order valence-corrected chi connectivity index (χ4v) is 3.41. The smallest absolute Gasteiger partial charge is 0.259 e. The number of carbonyl (C=O) groups is 1. The number of hydrazone groups is 1. The number of nitrogens with one attached hydrogen (secondary N) is 2. The highest BCUT2D eigenvalue weighted by atomic mass is 32.1. The normalized spacial score (nSPS) is 11.7. The Bertz CT molecular complexity index is 1020. The third kappa shape index (κ3) is 3.63. The van der Waals surface area contributed by atoms with Gasteiger partial charge in [-0.2, -0.15) is 5.10 Å². The summed E-state index contributed by atoms with van der Waals surface area (Å²) in [6, 6.07) is 3.65. The van der Waals surface area contributed by atoms with Gasteiger partial charge in [0, 0.05) is 22.8 Å². The van der Waals surface area contributed by atoms with Gasteiger partial charge in [0.25, 0.3) is 5.56 Å². The molecule has 0 unspecified atom stereocenters. The molecule has 1 amide bonds. The van der Waals surface area contributed by atoms with Crippen LogP contribution in [0, 0.1) is 13.8 Å². The first-order valence-electron chi connectivity index (χ1n) is 7.68. The molecule has 25 heavy (non-hydrogen) atoms. The number of hydrogen-bond donors (Lipinski definition) is 2. The predicted octanol–water partition coefficient (Wildman–Crippen LogP) is 2.08. The first-order valence-corrected chi connectivity index (χ1v) is 8.49. The van der Waals surface area contributed by atoms with Crippen LogP contribution in [-0.2, 0) is 11.2 Å². The van der Waals surface area contributed by atoms with Crippen molar-refractivity contribution in [2.24, 2.45) is 5.10 Å². The first kappa shape index (κ1) is 17.0. The maximum absolute atomic E-state index is 12.2. The summed E-state index contributed by atoms with van der Waals surface area (Å²) in [5.41, 5.74) is 4.65. The average molecular weight is 355 g/mol. The predicted molar refractivity (Wildman–Crippen MR) is 98.0 cm³/mol. The molecule has 0 aliphatic carbocycles. The minimum atomic E-state index is -0.351. The molecule has 0 atom stereocenters. The molecule has 0 aliphatic rings. The number of amides is 1. The topological polar surface area (TPSA) is 100 Å². The molecular weight excluding hydrogens is 338 g/mol. The Morgan fingerprint density at radius 2 is 2.20 bits per heavy atom. The van der Waals surface area contributed by atoms with Crippen LogP contribution in [0.2, 0.25) is 0 Å². The van der Waals surface area contributed by atoms with Gasteiger partial charge in [-0.15, -0.1) is 11.3 Å². The van der Waals surface area contributed by atoms with E-state index in [0.29, 0.717) is 21.8 Å². The van der Waals surface area contributed by atoms with E-state index < -0.39 is 0 Å². The van der Waals surface area contributed by atoms with Crippen molar-refractivity contribution in [3.63, 3.8) is 0 Å². The fraction of sp³-hybridized carbons (Fsp3) is 0.235. The minimum absolute atomic E-state index is 0.0506. The molecule has 7 nitrogen and oxygen atoms in total. The van der Waals surface area contributed by atoms with Gasteiger partial charge in [-0.25, -0.2) is 10.4 Å². The van der Waals surface area contributed by atoms with Crippen LogP contribution >= 0.6 is 11.3 Å². The van der Waals surface area contributed by atoms with Crippen molar-refractivity contribution in [1.29, 1.82) is 0 Å². The monoisotopic (exact) mass is 355 g/mol. The number of nitrogens with zero attached hydrogens (tertiary/aromatic N) is 3. The Hall–Kier alpha value is -2.87. The molecule has 0 spiro atoms. The van der Waals surface area contributed by atoms with Gasteiger partial charge in [0.05, 0.1) is 17.5 Å². The lowest BCUT2D eigenvalue weighted by Gasteiger charge is -2.03. The van der Waals surface area contributed by atoms with Gasteiger partial charge in [-0.05, 0) is 32.4 Å². The third-order valence-electron chi connectivity index (χ3n) is 3.84. The second-order valence-corrected chi connectivity index (χ2v) is 6.83. The van der Waals surface area contributed by atoms with Crippen LogP contribution in [-0.4, -0.2) is 26.6 Å². The minimum Gasteiger partial charge on any atom is -0.309 e. The van der Waals surface area contributed by atoms with Gasteiger partial charge < -0.3 is 4.98 Å². The number of H-pyrrole nitrogens is 1. The molecule has 8 heteroatoms. The van der Waals surface area contributed by atoms with Crippen molar-refractivity contribution in [1.82, 2.24) is 20.4 Å². The lowest BCUT2D eigenvalue weighted by molar-refractivity contribution is -0.120. The number of pyridine rings is 1. The van der Waals surface area contributed by atoms with Crippen LogP contribution in [0.5, 0.6) is 0 Å². The number of aromatic nitrogens is 3. The maximum atomic E-state index is 12.2. The number of rotatable bonds is 4. The zero-order chi connectivity index (χ0) is 18.0. The molecule has 3 aromatic heterocycles. The van der Waals surface area contributed by atoms with Crippen molar-refractivity contribution >= 4 is 33.2 Å². The van der Waals surface area contributed by atoms with Crippen LogP contribution in [0.4, 0.5) is 0 Å². The highest BCUT2D eigenvalue weighted by Gasteiger charge is 2.13. The van der Waals surface area contributed by atoms with Crippen molar-refractivity contribution in [2.75, 3.05) is 0 Å². The second kappa shape index (κ2) is 6.94. The molecule has 2 N–H and O–H groups in total. The number of thiophene rings is 1. The second-order valence-electron chi connectivity index (χ2n) is 5.63. The highest BCUT2D eigenvalue weighted by molar-refractivity contribution is 7.18. The van der Waals surface area contributed by atoms with E-state index in [2.05, 4.69) is 25.5 Å². The quantitative estimate of drug-likeness (QED) is 0.553. The molecule has 3 aromatic rings. The van der Waals surface area contributed by atoms with Crippen molar-refractivity contribution in [3.05, 3.63) is 56.7 Å². The molecule has 3 heterocycles. The van der Waals surface area contributed by atoms with Crippen molar-refractivity contribution < 1.29 is 4.79 Å².